The van der Waals surface area contributed by atoms with Gasteiger partial charge in [-0.25, -0.2) is 8.78 Å². The summed E-state index contributed by atoms with van der Waals surface area (Å²) in [7, 11) is 0. The molecule has 1 N–H and O–H groups in total. The van der Waals surface area contributed by atoms with Gasteiger partial charge < -0.3 is 10.1 Å². The zero-order valence-corrected chi connectivity index (χ0v) is 13.3. The summed E-state index contributed by atoms with van der Waals surface area (Å²) < 4.78 is 32.2. The second-order valence-corrected chi connectivity index (χ2v) is 5.37. The molecule has 2 rings (SSSR count). The second-order valence-electron chi connectivity index (χ2n) is 5.37. The average molecular weight is 319 g/mol. The van der Waals surface area contributed by atoms with E-state index >= 15 is 0 Å². The number of hydrogen-bond acceptors (Lipinski definition) is 2. The van der Waals surface area contributed by atoms with Crippen molar-refractivity contribution in [3.05, 3.63) is 59.2 Å². The molecular weight excluding hydrogens is 300 g/mol. The molecule has 0 spiro atoms. The smallest absolute Gasteiger partial charge is 0.265 e. The summed E-state index contributed by atoms with van der Waals surface area (Å²) in [6.07, 6.45) is -0.344. The molecule has 2 aromatic rings. The SMILES string of the molecule is CCC(Oc1ccc(C)c(C)c1)C(=O)Nc1ccc(F)cc1F. The van der Waals surface area contributed by atoms with Gasteiger partial charge in [0, 0.05) is 6.07 Å². The first-order valence-electron chi connectivity index (χ1n) is 7.40. The lowest BCUT2D eigenvalue weighted by molar-refractivity contribution is -0.122. The Bertz CT molecular complexity index is 716. The lowest BCUT2D eigenvalue weighted by Crippen LogP contribution is -2.32. The number of aryl methyl sites for hydroxylation is 2. The molecule has 122 valence electrons. The van der Waals surface area contributed by atoms with Gasteiger partial charge in [0.15, 0.2) is 6.10 Å². The number of anilines is 1. The van der Waals surface area contributed by atoms with Crippen molar-refractivity contribution in [2.75, 3.05) is 5.32 Å². The van der Waals surface area contributed by atoms with Crippen LogP contribution in [0.1, 0.15) is 24.5 Å². The van der Waals surface area contributed by atoms with Gasteiger partial charge in [-0.15, -0.1) is 0 Å². The van der Waals surface area contributed by atoms with Crippen LogP contribution in [0.4, 0.5) is 14.5 Å². The van der Waals surface area contributed by atoms with Crippen molar-refractivity contribution < 1.29 is 18.3 Å². The number of hydrogen-bond donors (Lipinski definition) is 1. The van der Waals surface area contributed by atoms with Crippen molar-refractivity contribution >= 4 is 11.6 Å². The van der Waals surface area contributed by atoms with Gasteiger partial charge in [0.05, 0.1) is 5.69 Å². The average Bonchev–Trinajstić information content (AvgIpc) is 2.51. The van der Waals surface area contributed by atoms with Crippen LogP contribution in [0.15, 0.2) is 36.4 Å². The highest BCUT2D eigenvalue weighted by molar-refractivity contribution is 5.94. The molecule has 3 nitrogen and oxygen atoms in total. The van der Waals surface area contributed by atoms with Crippen molar-refractivity contribution in [2.24, 2.45) is 0 Å². The van der Waals surface area contributed by atoms with E-state index in [1.807, 2.05) is 26.0 Å². The highest BCUT2D eigenvalue weighted by Crippen LogP contribution is 2.20. The van der Waals surface area contributed by atoms with Crippen molar-refractivity contribution in [3.63, 3.8) is 0 Å². The van der Waals surface area contributed by atoms with Crippen LogP contribution >= 0.6 is 0 Å². The molecule has 0 aromatic heterocycles. The van der Waals surface area contributed by atoms with Crippen LogP contribution < -0.4 is 10.1 Å². The maximum Gasteiger partial charge on any atom is 0.265 e. The second kappa shape index (κ2) is 7.22. The van der Waals surface area contributed by atoms with Crippen molar-refractivity contribution in [3.8, 4) is 5.75 Å². The van der Waals surface area contributed by atoms with Crippen LogP contribution in [0.3, 0.4) is 0 Å². The van der Waals surface area contributed by atoms with Crippen LogP contribution in [0.2, 0.25) is 0 Å². The molecule has 23 heavy (non-hydrogen) atoms. The molecule has 0 fully saturated rings. The van der Waals surface area contributed by atoms with Crippen LogP contribution in [0.5, 0.6) is 5.75 Å². The fraction of sp³-hybridized carbons (Fsp3) is 0.278. The van der Waals surface area contributed by atoms with Crippen molar-refractivity contribution in [1.29, 1.82) is 0 Å². The first-order valence-corrected chi connectivity index (χ1v) is 7.40. The maximum atomic E-state index is 13.6. The Morgan fingerprint density at radius 1 is 1.13 bits per heavy atom. The normalized spacial score (nSPS) is 11.9. The first kappa shape index (κ1) is 16.9. The third kappa shape index (κ3) is 4.28. The minimum Gasteiger partial charge on any atom is -0.481 e. The lowest BCUT2D eigenvalue weighted by atomic mass is 10.1. The molecule has 1 unspecified atom stereocenters. The number of rotatable bonds is 5. The van der Waals surface area contributed by atoms with Crippen LogP contribution in [0, 0.1) is 25.5 Å². The first-order chi connectivity index (χ1) is 10.9. The topological polar surface area (TPSA) is 38.3 Å². The Morgan fingerprint density at radius 2 is 1.87 bits per heavy atom. The van der Waals surface area contributed by atoms with Gasteiger partial charge >= 0.3 is 0 Å². The van der Waals surface area contributed by atoms with Crippen LogP contribution in [-0.2, 0) is 4.79 Å². The van der Waals surface area contributed by atoms with Gasteiger partial charge in [0.2, 0.25) is 0 Å². The van der Waals surface area contributed by atoms with Gasteiger partial charge in [0.25, 0.3) is 5.91 Å². The highest BCUT2D eigenvalue weighted by Gasteiger charge is 2.20. The molecule has 1 atom stereocenters. The molecule has 0 saturated heterocycles. The number of benzene rings is 2. The van der Waals surface area contributed by atoms with E-state index in [1.54, 1.807) is 13.0 Å². The molecule has 0 aliphatic carbocycles. The number of carbonyl (C=O) groups excluding carboxylic acids is 1. The summed E-state index contributed by atoms with van der Waals surface area (Å²) in [4.78, 5) is 12.2. The monoisotopic (exact) mass is 319 g/mol. The zero-order chi connectivity index (χ0) is 17.0. The van der Waals surface area contributed by atoms with E-state index < -0.39 is 23.6 Å². The molecule has 1 amide bonds. The number of amides is 1. The fourth-order valence-corrected chi connectivity index (χ4v) is 2.08. The summed E-state index contributed by atoms with van der Waals surface area (Å²) >= 11 is 0. The summed E-state index contributed by atoms with van der Waals surface area (Å²) in [5.74, 6) is -1.41. The summed E-state index contributed by atoms with van der Waals surface area (Å²) in [6.45, 7) is 5.74. The molecule has 5 heteroatoms. The summed E-state index contributed by atoms with van der Waals surface area (Å²) in [5, 5.41) is 2.43. The summed E-state index contributed by atoms with van der Waals surface area (Å²) in [6, 6.07) is 8.55. The summed E-state index contributed by atoms with van der Waals surface area (Å²) in [5.41, 5.74) is 2.11. The third-order valence-electron chi connectivity index (χ3n) is 3.61. The lowest BCUT2D eigenvalue weighted by Gasteiger charge is -2.18. The van der Waals surface area contributed by atoms with Crippen LogP contribution in [0.25, 0.3) is 0 Å². The van der Waals surface area contributed by atoms with E-state index in [0.29, 0.717) is 12.2 Å². The van der Waals surface area contributed by atoms with Gasteiger partial charge in [0.1, 0.15) is 17.4 Å². The predicted molar refractivity (Wildman–Crippen MR) is 85.6 cm³/mol. The number of ether oxygens (including phenoxy) is 1. The van der Waals surface area contributed by atoms with E-state index in [-0.39, 0.29) is 5.69 Å². The highest BCUT2D eigenvalue weighted by atomic mass is 19.1. The number of halogens is 2. The molecular formula is C18H19F2NO2. The molecule has 2 aromatic carbocycles. The number of nitrogens with one attached hydrogen (secondary N) is 1. The van der Waals surface area contributed by atoms with E-state index in [4.69, 9.17) is 4.74 Å². The minimum atomic E-state index is -0.820. The molecule has 0 heterocycles. The van der Waals surface area contributed by atoms with E-state index in [1.165, 1.54) is 6.07 Å². The third-order valence-corrected chi connectivity index (χ3v) is 3.61. The molecule has 0 aliphatic rings. The van der Waals surface area contributed by atoms with Crippen molar-refractivity contribution in [2.45, 2.75) is 33.3 Å². The molecule has 0 bridgehead atoms. The Kier molecular flexibility index (Phi) is 5.32. The Balaban J connectivity index is 2.10. The predicted octanol–water partition coefficient (Wildman–Crippen LogP) is 4.38. The number of carbonyl (C=O) groups is 1. The Hall–Kier alpha value is -2.43. The maximum absolute atomic E-state index is 13.6. The molecule has 0 radical (unpaired) electrons. The molecule has 0 aliphatic heterocycles. The van der Waals surface area contributed by atoms with Gasteiger partial charge in [-0.1, -0.05) is 13.0 Å². The molecule has 0 saturated carbocycles. The van der Waals surface area contributed by atoms with E-state index in [0.717, 1.165) is 23.3 Å². The largest absolute Gasteiger partial charge is 0.481 e. The van der Waals surface area contributed by atoms with Gasteiger partial charge in [-0.2, -0.15) is 0 Å². The van der Waals surface area contributed by atoms with Gasteiger partial charge in [-0.05, 0) is 55.7 Å². The van der Waals surface area contributed by atoms with E-state index in [9.17, 15) is 13.6 Å². The quantitative estimate of drug-likeness (QED) is 0.888. The van der Waals surface area contributed by atoms with Gasteiger partial charge in [-0.3, -0.25) is 4.79 Å². The van der Waals surface area contributed by atoms with Crippen LogP contribution in [-0.4, -0.2) is 12.0 Å². The zero-order valence-electron chi connectivity index (χ0n) is 13.3. The Morgan fingerprint density at radius 3 is 2.48 bits per heavy atom. The van der Waals surface area contributed by atoms with E-state index in [2.05, 4.69) is 5.32 Å². The van der Waals surface area contributed by atoms with Crippen molar-refractivity contribution in [1.82, 2.24) is 0 Å². The minimum absolute atomic E-state index is 0.0708. The standard InChI is InChI=1S/C18H19F2NO2/c1-4-17(23-14-7-5-11(2)12(3)9-14)18(22)21-16-8-6-13(19)10-15(16)20/h5-10,17H,4H2,1-3H3,(H,21,22). The Labute approximate surface area is 134 Å². The fourth-order valence-electron chi connectivity index (χ4n) is 2.08.